The van der Waals surface area contributed by atoms with Crippen LogP contribution in [0.3, 0.4) is 0 Å². The number of aliphatic hydroxyl groups excluding tert-OH is 1. The molecule has 13 heteroatoms. The number of ether oxygens (including phenoxy) is 6. The summed E-state index contributed by atoms with van der Waals surface area (Å²) in [6.07, 6.45) is -0.467. The van der Waals surface area contributed by atoms with Crippen LogP contribution in [-0.2, 0) is 41.4 Å². The molecule has 4 fully saturated rings. The van der Waals surface area contributed by atoms with E-state index in [4.69, 9.17) is 28.4 Å². The van der Waals surface area contributed by atoms with Gasteiger partial charge in [-0.05, 0) is 42.5 Å². The molecule has 8 atom stereocenters. The Morgan fingerprint density at radius 3 is 2.12 bits per heavy atom. The number of benzene rings is 2. The summed E-state index contributed by atoms with van der Waals surface area (Å²) in [6.45, 7) is 1.85. The van der Waals surface area contributed by atoms with Crippen LogP contribution in [0.1, 0.15) is 24.0 Å². The quantitative estimate of drug-likeness (QED) is 0.243. The van der Waals surface area contributed by atoms with E-state index in [9.17, 15) is 14.7 Å². The van der Waals surface area contributed by atoms with Crippen LogP contribution in [0.15, 0.2) is 79.0 Å². The van der Waals surface area contributed by atoms with Crippen molar-refractivity contribution >= 4 is 12.2 Å². The lowest BCUT2D eigenvalue weighted by Crippen LogP contribution is -2.54. The molecule has 2 aromatic carbocycles. The minimum absolute atomic E-state index is 0.0191. The number of carbonyl (C=O) groups excluding carboxylic acids is 2. The Morgan fingerprint density at radius 2 is 1.47 bits per heavy atom. The molecule has 260 valence electrons. The fraction of sp³-hybridized carbons (Fsp3) is 0.472. The molecule has 4 saturated heterocycles. The van der Waals surface area contributed by atoms with E-state index in [0.717, 1.165) is 35.2 Å². The van der Waals surface area contributed by atoms with Gasteiger partial charge in [0, 0.05) is 24.8 Å². The smallest absolute Gasteiger partial charge is 0.422 e. The van der Waals surface area contributed by atoms with Gasteiger partial charge in [0.15, 0.2) is 12.6 Å². The maximum absolute atomic E-state index is 13.3. The SMILES string of the molecule is O=C(NC(Cc1ccccc1)C(O)CN(Cc1ccc(-c2ccccn2)cc1)NC(=O)OC1COC2OCCC12)OC1COC2OCCC12. The van der Waals surface area contributed by atoms with Gasteiger partial charge in [0.05, 0.1) is 56.1 Å². The van der Waals surface area contributed by atoms with Gasteiger partial charge in [-0.2, -0.15) is 0 Å². The van der Waals surface area contributed by atoms with Crippen LogP contribution >= 0.6 is 0 Å². The summed E-state index contributed by atoms with van der Waals surface area (Å²) in [4.78, 5) is 30.9. The molecule has 49 heavy (non-hydrogen) atoms. The highest BCUT2D eigenvalue weighted by Gasteiger charge is 2.45. The lowest BCUT2D eigenvalue weighted by molar-refractivity contribution is -0.0909. The van der Waals surface area contributed by atoms with Gasteiger partial charge in [-0.15, -0.1) is 0 Å². The molecule has 0 spiro atoms. The van der Waals surface area contributed by atoms with Crippen molar-refractivity contribution in [2.24, 2.45) is 11.8 Å². The van der Waals surface area contributed by atoms with Crippen LogP contribution in [-0.4, -0.2) is 97.2 Å². The number of nitrogens with zero attached hydrogens (tertiary/aromatic N) is 2. The third-order valence-corrected chi connectivity index (χ3v) is 9.50. The first-order valence-corrected chi connectivity index (χ1v) is 16.9. The first-order chi connectivity index (χ1) is 24.0. The third-order valence-electron chi connectivity index (χ3n) is 9.50. The Morgan fingerprint density at radius 1 is 0.816 bits per heavy atom. The Kier molecular flexibility index (Phi) is 10.6. The predicted molar refractivity (Wildman–Crippen MR) is 174 cm³/mol. The Labute approximate surface area is 284 Å². The third kappa shape index (κ3) is 8.38. The monoisotopic (exact) mass is 674 g/mol. The topological polar surface area (TPSA) is 150 Å². The van der Waals surface area contributed by atoms with Gasteiger partial charge in [-0.1, -0.05) is 60.7 Å². The van der Waals surface area contributed by atoms with Gasteiger partial charge in [0.1, 0.15) is 12.2 Å². The minimum Gasteiger partial charge on any atom is -0.443 e. The summed E-state index contributed by atoms with van der Waals surface area (Å²) in [5, 5.41) is 16.2. The largest absolute Gasteiger partial charge is 0.443 e. The van der Waals surface area contributed by atoms with Crippen LogP contribution in [0.25, 0.3) is 11.3 Å². The Balaban J connectivity index is 1.05. The second-order valence-corrected chi connectivity index (χ2v) is 12.8. The van der Waals surface area contributed by atoms with Gasteiger partial charge < -0.3 is 38.8 Å². The summed E-state index contributed by atoms with van der Waals surface area (Å²) >= 11 is 0. The standard InChI is InChI=1S/C36H42N4O9/c41-30(29(18-23-6-2-1-3-7-23)38-35(42)48-31-21-46-33-26(31)13-16-44-33)20-40(39-36(43)49-32-22-47-34-27(32)14-17-45-34)19-24-9-11-25(12-10-24)28-8-4-5-15-37-28/h1-12,15,26-27,29-34,41H,13-14,16-22H2,(H,38,42)(H,39,43). The average molecular weight is 675 g/mol. The fourth-order valence-corrected chi connectivity index (χ4v) is 6.90. The molecule has 4 aliphatic heterocycles. The molecule has 8 unspecified atom stereocenters. The normalized spacial score (nSPS) is 26.9. The van der Waals surface area contributed by atoms with Crippen molar-refractivity contribution in [2.45, 2.75) is 62.7 Å². The van der Waals surface area contributed by atoms with Crippen molar-refractivity contribution < 1.29 is 43.1 Å². The summed E-state index contributed by atoms with van der Waals surface area (Å²) in [5.41, 5.74) is 6.42. The molecule has 0 bridgehead atoms. The average Bonchev–Trinajstić information content (AvgIpc) is 3.92. The highest BCUT2D eigenvalue weighted by molar-refractivity contribution is 5.68. The molecule has 3 N–H and O–H groups in total. The highest BCUT2D eigenvalue weighted by Crippen LogP contribution is 2.34. The van der Waals surface area contributed by atoms with E-state index in [2.05, 4.69) is 15.7 Å². The van der Waals surface area contributed by atoms with E-state index in [1.165, 1.54) is 0 Å². The van der Waals surface area contributed by atoms with Crippen molar-refractivity contribution in [3.05, 3.63) is 90.1 Å². The van der Waals surface area contributed by atoms with Crippen LogP contribution in [0.2, 0.25) is 0 Å². The molecule has 4 aliphatic rings. The van der Waals surface area contributed by atoms with Gasteiger partial charge >= 0.3 is 12.2 Å². The summed E-state index contributed by atoms with van der Waals surface area (Å²) in [7, 11) is 0. The number of fused-ring (bicyclic) bond motifs is 2. The summed E-state index contributed by atoms with van der Waals surface area (Å²) < 4.78 is 34.0. The van der Waals surface area contributed by atoms with Gasteiger partial charge in [0.25, 0.3) is 0 Å². The summed E-state index contributed by atoms with van der Waals surface area (Å²) in [5.74, 6) is -0.0416. The van der Waals surface area contributed by atoms with Gasteiger partial charge in [-0.3, -0.25) is 10.4 Å². The molecular weight excluding hydrogens is 632 g/mol. The molecule has 0 radical (unpaired) electrons. The van der Waals surface area contributed by atoms with E-state index in [-0.39, 0.29) is 50.7 Å². The highest BCUT2D eigenvalue weighted by atomic mass is 16.7. The molecule has 5 heterocycles. The second-order valence-electron chi connectivity index (χ2n) is 12.8. The molecule has 3 aromatic rings. The first-order valence-electron chi connectivity index (χ1n) is 16.9. The number of hydrogen-bond acceptors (Lipinski definition) is 11. The number of aliphatic hydroxyl groups is 1. The minimum atomic E-state index is -1.12. The van der Waals surface area contributed by atoms with E-state index >= 15 is 0 Å². The van der Waals surface area contributed by atoms with Crippen LogP contribution < -0.4 is 10.7 Å². The molecule has 2 amide bonds. The zero-order valence-electron chi connectivity index (χ0n) is 27.1. The number of amides is 2. The van der Waals surface area contributed by atoms with Crippen molar-refractivity contribution in [1.82, 2.24) is 20.7 Å². The lowest BCUT2D eigenvalue weighted by Gasteiger charge is -2.31. The number of aromatic nitrogens is 1. The number of nitrogens with one attached hydrogen (secondary N) is 2. The molecular formula is C36H42N4O9. The molecule has 7 rings (SSSR count). The van der Waals surface area contributed by atoms with Crippen molar-refractivity contribution in [1.29, 1.82) is 0 Å². The van der Waals surface area contributed by atoms with E-state index in [1.807, 2.05) is 72.8 Å². The fourth-order valence-electron chi connectivity index (χ4n) is 6.90. The molecule has 0 saturated carbocycles. The number of rotatable bonds is 12. The molecule has 0 aliphatic carbocycles. The Hall–Kier alpha value is -4.11. The zero-order chi connectivity index (χ0) is 33.6. The maximum atomic E-state index is 13.3. The van der Waals surface area contributed by atoms with Crippen LogP contribution in [0, 0.1) is 11.8 Å². The van der Waals surface area contributed by atoms with E-state index in [0.29, 0.717) is 19.6 Å². The van der Waals surface area contributed by atoms with Crippen LogP contribution in [0.4, 0.5) is 9.59 Å². The number of hydrogen-bond donors (Lipinski definition) is 3. The van der Waals surface area contributed by atoms with Gasteiger partial charge in [-0.25, -0.2) is 14.6 Å². The summed E-state index contributed by atoms with van der Waals surface area (Å²) in [6, 6.07) is 22.4. The molecule has 13 nitrogen and oxygen atoms in total. The second kappa shape index (κ2) is 15.6. The van der Waals surface area contributed by atoms with Crippen molar-refractivity contribution in [2.75, 3.05) is 33.0 Å². The number of hydrazine groups is 1. The van der Waals surface area contributed by atoms with E-state index < -0.39 is 36.5 Å². The predicted octanol–water partition coefficient (Wildman–Crippen LogP) is 3.41. The lowest BCUT2D eigenvalue weighted by atomic mass is 10.0. The Bertz CT molecular complexity index is 1530. The van der Waals surface area contributed by atoms with Crippen molar-refractivity contribution in [3.63, 3.8) is 0 Å². The maximum Gasteiger partial charge on any atom is 0.422 e. The number of carbonyl (C=O) groups is 2. The number of pyridine rings is 1. The van der Waals surface area contributed by atoms with Crippen molar-refractivity contribution in [3.8, 4) is 11.3 Å². The van der Waals surface area contributed by atoms with Crippen LogP contribution in [0.5, 0.6) is 0 Å². The molecule has 1 aromatic heterocycles. The number of alkyl carbamates (subject to hydrolysis) is 1. The first kappa shape index (κ1) is 33.4. The zero-order valence-corrected chi connectivity index (χ0v) is 27.1. The van der Waals surface area contributed by atoms with E-state index in [1.54, 1.807) is 11.2 Å². The van der Waals surface area contributed by atoms with Gasteiger partial charge in [0.2, 0.25) is 0 Å².